The van der Waals surface area contributed by atoms with E-state index in [0.717, 1.165) is 18.4 Å². The molecule has 0 atom stereocenters. The van der Waals surface area contributed by atoms with Gasteiger partial charge in [-0.05, 0) is 0 Å². The van der Waals surface area contributed by atoms with Crippen LogP contribution in [0, 0.1) is 0 Å². The number of hydrogen-bond acceptors (Lipinski definition) is 3. The van der Waals surface area contributed by atoms with Gasteiger partial charge in [0.05, 0.1) is 0 Å². The average Bonchev–Trinajstić information content (AvgIpc) is 2.97. The summed E-state index contributed by atoms with van der Waals surface area (Å²) in [6.07, 6.45) is 5.86. The van der Waals surface area contributed by atoms with E-state index in [4.69, 9.17) is 9.47 Å². The van der Waals surface area contributed by atoms with Gasteiger partial charge in [0.1, 0.15) is 0 Å². The predicted octanol–water partition coefficient (Wildman–Crippen LogP) is 4.87. The predicted molar refractivity (Wildman–Crippen MR) is 91.0 cm³/mol. The summed E-state index contributed by atoms with van der Waals surface area (Å²) in [5.74, 6) is 1.03. The SMILES string of the molecule is CCCOC(O)(CCC1=[C]([Ge]([CH3])([CH3])[C](F)(F)F)C=CC1)OCCC. The Morgan fingerprint density at radius 1 is 1.12 bits per heavy atom. The third-order valence-corrected chi connectivity index (χ3v) is 11.1. The van der Waals surface area contributed by atoms with Crippen LogP contribution in [0.4, 0.5) is 13.2 Å². The van der Waals surface area contributed by atoms with Crippen LogP contribution in [0.5, 0.6) is 0 Å². The van der Waals surface area contributed by atoms with Crippen LogP contribution in [0.2, 0.25) is 11.5 Å². The van der Waals surface area contributed by atoms with E-state index in [1.807, 2.05) is 13.8 Å². The van der Waals surface area contributed by atoms with E-state index in [2.05, 4.69) is 0 Å². The standard InChI is InChI=1S/C17H29F3GeO3/c1-5-12-23-16(22,24-13-6-2)11-10-14-8-7-9-15(14)21(3,4)17(18,19)20/h7,9,22H,5-6,8,10-13H2,1-4H3. The van der Waals surface area contributed by atoms with Gasteiger partial charge in [-0.1, -0.05) is 0 Å². The second-order valence-corrected chi connectivity index (χ2v) is 15.8. The summed E-state index contributed by atoms with van der Waals surface area (Å²) < 4.78 is 51.4. The molecule has 0 spiro atoms. The molecule has 0 aromatic carbocycles. The van der Waals surface area contributed by atoms with Crippen molar-refractivity contribution in [3.8, 4) is 0 Å². The second kappa shape index (κ2) is 8.87. The van der Waals surface area contributed by atoms with E-state index < -0.39 is 24.2 Å². The number of hydrogen-bond donors (Lipinski definition) is 1. The molecule has 0 aliphatic heterocycles. The van der Waals surface area contributed by atoms with Crippen molar-refractivity contribution < 1.29 is 27.8 Å². The van der Waals surface area contributed by atoms with Gasteiger partial charge in [-0.15, -0.1) is 0 Å². The minimum atomic E-state index is -4.14. The van der Waals surface area contributed by atoms with Crippen LogP contribution < -0.4 is 0 Å². The van der Waals surface area contributed by atoms with Crippen LogP contribution in [0.15, 0.2) is 22.1 Å². The summed E-state index contributed by atoms with van der Waals surface area (Å²) >= 11 is -4.13. The molecule has 0 saturated heterocycles. The summed E-state index contributed by atoms with van der Waals surface area (Å²) in [4.78, 5) is 0. The molecule has 24 heavy (non-hydrogen) atoms. The van der Waals surface area contributed by atoms with E-state index in [-0.39, 0.29) is 6.42 Å². The van der Waals surface area contributed by atoms with E-state index in [0.29, 0.717) is 30.5 Å². The molecule has 0 bridgehead atoms. The molecule has 0 radical (unpaired) electrons. The fourth-order valence-electron chi connectivity index (χ4n) is 2.60. The van der Waals surface area contributed by atoms with Gasteiger partial charge < -0.3 is 0 Å². The molecule has 0 aromatic heterocycles. The average molecular weight is 411 g/mol. The van der Waals surface area contributed by atoms with Crippen molar-refractivity contribution in [3.05, 3.63) is 22.1 Å². The van der Waals surface area contributed by atoms with Crippen LogP contribution in [-0.2, 0) is 9.47 Å². The van der Waals surface area contributed by atoms with Gasteiger partial charge in [0, 0.05) is 0 Å². The quantitative estimate of drug-likeness (QED) is 0.412. The Kier molecular flexibility index (Phi) is 8.04. The van der Waals surface area contributed by atoms with Crippen LogP contribution in [0.25, 0.3) is 0 Å². The Labute approximate surface area is 145 Å². The summed E-state index contributed by atoms with van der Waals surface area (Å²) in [7, 11) is 0. The van der Waals surface area contributed by atoms with Crippen molar-refractivity contribution in [2.45, 2.75) is 68.4 Å². The maximum absolute atomic E-state index is 13.4. The summed E-state index contributed by atoms with van der Waals surface area (Å²) in [5.41, 5.74) is 0.760. The summed E-state index contributed by atoms with van der Waals surface area (Å²) in [6.45, 7) is 4.52. The van der Waals surface area contributed by atoms with Crippen molar-refractivity contribution in [2.24, 2.45) is 0 Å². The first-order valence-corrected chi connectivity index (χ1v) is 14.8. The van der Waals surface area contributed by atoms with Crippen LogP contribution in [0.1, 0.15) is 46.0 Å². The third kappa shape index (κ3) is 5.61. The zero-order valence-corrected chi connectivity index (χ0v) is 17.1. The molecular formula is C17H29F3GeO3. The molecule has 1 rings (SSSR count). The Morgan fingerprint density at radius 3 is 2.12 bits per heavy atom. The molecule has 0 unspecified atom stereocenters. The van der Waals surface area contributed by atoms with Crippen LogP contribution in [-0.4, -0.2) is 42.6 Å². The van der Waals surface area contributed by atoms with Gasteiger partial charge in [-0.2, -0.15) is 0 Å². The molecule has 3 nitrogen and oxygen atoms in total. The number of halogens is 3. The summed E-state index contributed by atoms with van der Waals surface area (Å²) in [6, 6.07) is 0. The van der Waals surface area contributed by atoms with Gasteiger partial charge in [-0.3, -0.25) is 0 Å². The Balaban J connectivity index is 2.87. The van der Waals surface area contributed by atoms with Crippen LogP contribution >= 0.6 is 0 Å². The molecule has 1 N–H and O–H groups in total. The molecule has 140 valence electrons. The van der Waals surface area contributed by atoms with Gasteiger partial charge in [-0.25, -0.2) is 0 Å². The van der Waals surface area contributed by atoms with Gasteiger partial charge in [0.2, 0.25) is 0 Å². The molecule has 0 fully saturated rings. The Bertz CT molecular complexity index is 462. The Morgan fingerprint density at radius 2 is 1.67 bits per heavy atom. The fraction of sp³-hybridized carbons (Fsp3) is 0.765. The number of ether oxygens (including phenoxy) is 2. The van der Waals surface area contributed by atoms with Crippen molar-refractivity contribution in [3.63, 3.8) is 0 Å². The number of allylic oxidation sites excluding steroid dienone is 4. The molecule has 0 saturated carbocycles. The van der Waals surface area contributed by atoms with Gasteiger partial charge >= 0.3 is 145 Å². The number of alkyl halides is 3. The monoisotopic (exact) mass is 412 g/mol. The van der Waals surface area contributed by atoms with Crippen molar-refractivity contribution in [1.82, 2.24) is 0 Å². The Hall–Kier alpha value is -0.307. The second-order valence-electron chi connectivity index (χ2n) is 6.66. The van der Waals surface area contributed by atoms with Gasteiger partial charge in [0.25, 0.3) is 0 Å². The van der Waals surface area contributed by atoms with Gasteiger partial charge in [0.15, 0.2) is 0 Å². The molecule has 0 heterocycles. The first-order valence-electron chi connectivity index (χ1n) is 8.53. The molecular weight excluding hydrogens is 382 g/mol. The normalized spacial score (nSPS) is 16.3. The first kappa shape index (κ1) is 21.7. The van der Waals surface area contributed by atoms with Crippen LogP contribution in [0.3, 0.4) is 0 Å². The topological polar surface area (TPSA) is 38.7 Å². The minimum absolute atomic E-state index is 0.143. The third-order valence-electron chi connectivity index (χ3n) is 4.22. The molecule has 0 amide bonds. The van der Waals surface area contributed by atoms with Crippen molar-refractivity contribution >= 4 is 13.3 Å². The summed E-state index contributed by atoms with van der Waals surface area (Å²) in [5, 5.41) is 6.35. The number of rotatable bonds is 10. The van der Waals surface area contributed by atoms with E-state index in [1.165, 1.54) is 11.5 Å². The van der Waals surface area contributed by atoms with Crippen molar-refractivity contribution in [2.75, 3.05) is 13.2 Å². The van der Waals surface area contributed by atoms with Crippen molar-refractivity contribution in [1.29, 1.82) is 0 Å². The fourth-order valence-corrected chi connectivity index (χ4v) is 6.70. The van der Waals surface area contributed by atoms with E-state index in [1.54, 1.807) is 12.2 Å². The zero-order chi connectivity index (χ0) is 18.4. The van der Waals surface area contributed by atoms with E-state index >= 15 is 0 Å². The maximum atomic E-state index is 13.4. The van der Waals surface area contributed by atoms with E-state index in [9.17, 15) is 18.3 Å². The molecule has 1 aliphatic carbocycles. The first-order chi connectivity index (χ1) is 11.1. The zero-order valence-electron chi connectivity index (χ0n) is 15.0. The molecule has 0 aromatic rings. The molecule has 1 aliphatic rings. The number of aliphatic hydroxyl groups is 1. The molecule has 7 heteroatoms.